The molecule has 0 saturated carbocycles. The highest BCUT2D eigenvalue weighted by molar-refractivity contribution is 5.88. The first-order chi connectivity index (χ1) is 7.40. The van der Waals surface area contributed by atoms with Gasteiger partial charge in [-0.25, -0.2) is 0 Å². The summed E-state index contributed by atoms with van der Waals surface area (Å²) in [6.07, 6.45) is 2.85. The van der Waals surface area contributed by atoms with Crippen molar-refractivity contribution in [3.8, 4) is 0 Å². The normalized spacial score (nSPS) is 12.0. The van der Waals surface area contributed by atoms with E-state index >= 15 is 0 Å². The van der Waals surface area contributed by atoms with Crippen LogP contribution in [0.25, 0.3) is 0 Å². The molecule has 1 rings (SSSR count). The van der Waals surface area contributed by atoms with Crippen molar-refractivity contribution in [1.82, 2.24) is 0 Å². The molecule has 0 aliphatic carbocycles. The van der Waals surface area contributed by atoms with Gasteiger partial charge < -0.3 is 16.2 Å². The van der Waals surface area contributed by atoms with Gasteiger partial charge in [0.1, 0.15) is 0 Å². The van der Waals surface area contributed by atoms with Crippen molar-refractivity contribution in [1.29, 1.82) is 5.41 Å². The van der Waals surface area contributed by atoms with Crippen LogP contribution >= 0.6 is 0 Å². The molecular formula is C12H17N3O. The van der Waals surface area contributed by atoms with Gasteiger partial charge in [-0.3, -0.25) is 4.99 Å². The second-order valence-electron chi connectivity index (χ2n) is 4.09. The number of nitrogens with one attached hydrogen (secondary N) is 1. The smallest absolute Gasteiger partial charge is 0.0860 e. The Bertz CT molecular complexity index is 431. The van der Waals surface area contributed by atoms with E-state index in [0.717, 1.165) is 0 Å². The summed E-state index contributed by atoms with van der Waals surface area (Å²) < 4.78 is 0. The molecule has 0 aliphatic rings. The average molecular weight is 219 g/mol. The molecule has 0 fully saturated rings. The van der Waals surface area contributed by atoms with Crippen molar-refractivity contribution in [2.45, 2.75) is 26.4 Å². The third-order valence-corrected chi connectivity index (χ3v) is 2.28. The van der Waals surface area contributed by atoms with Crippen LogP contribution in [0, 0.1) is 5.41 Å². The third-order valence-electron chi connectivity index (χ3n) is 2.28. The Hall–Kier alpha value is -1.68. The first-order valence-electron chi connectivity index (χ1n) is 5.05. The molecule has 0 heterocycles. The summed E-state index contributed by atoms with van der Waals surface area (Å²) in [4.78, 5) is 4.12. The Kier molecular flexibility index (Phi) is 3.44. The highest BCUT2D eigenvalue weighted by Crippen LogP contribution is 2.31. The predicted molar refractivity (Wildman–Crippen MR) is 67.8 cm³/mol. The Morgan fingerprint density at radius 3 is 2.50 bits per heavy atom. The summed E-state index contributed by atoms with van der Waals surface area (Å²) in [7, 11) is 0. The lowest BCUT2D eigenvalue weighted by molar-refractivity contribution is 0.0794. The number of aliphatic imine (C=N–C) groups is 1. The molecule has 0 bridgehead atoms. The zero-order valence-electron chi connectivity index (χ0n) is 9.78. The van der Waals surface area contributed by atoms with Gasteiger partial charge in [0.05, 0.1) is 11.3 Å². The summed E-state index contributed by atoms with van der Waals surface area (Å²) in [6, 6.07) is 3.37. The van der Waals surface area contributed by atoms with Crippen molar-refractivity contribution >= 4 is 23.8 Å². The number of hydrogen-bond acceptors (Lipinski definition) is 4. The zero-order valence-corrected chi connectivity index (χ0v) is 9.78. The highest BCUT2D eigenvalue weighted by Gasteiger charge is 2.20. The molecule has 0 unspecified atom stereocenters. The minimum atomic E-state index is -1.02. The van der Waals surface area contributed by atoms with Crippen molar-refractivity contribution in [3.63, 3.8) is 0 Å². The lowest BCUT2D eigenvalue weighted by Crippen LogP contribution is -2.18. The maximum absolute atomic E-state index is 9.92. The summed E-state index contributed by atoms with van der Waals surface area (Å²) >= 11 is 0. The minimum Gasteiger partial charge on any atom is -0.398 e. The quantitative estimate of drug-likeness (QED) is 0.538. The van der Waals surface area contributed by atoms with Gasteiger partial charge in [0.15, 0.2) is 0 Å². The van der Waals surface area contributed by atoms with Crippen LogP contribution in [0.3, 0.4) is 0 Å². The number of nitrogens with two attached hydrogens (primary N) is 1. The van der Waals surface area contributed by atoms with E-state index in [1.54, 1.807) is 39.1 Å². The minimum absolute atomic E-state index is 0.485. The van der Waals surface area contributed by atoms with Crippen LogP contribution in [0.4, 0.5) is 11.4 Å². The van der Waals surface area contributed by atoms with Gasteiger partial charge in [0.25, 0.3) is 0 Å². The lowest BCUT2D eigenvalue weighted by atomic mass is 9.94. The molecule has 4 N–H and O–H groups in total. The molecule has 4 nitrogen and oxygen atoms in total. The van der Waals surface area contributed by atoms with Gasteiger partial charge in [0, 0.05) is 29.2 Å². The van der Waals surface area contributed by atoms with E-state index in [2.05, 4.69) is 4.99 Å². The number of rotatable bonds is 3. The highest BCUT2D eigenvalue weighted by atomic mass is 16.3. The Morgan fingerprint density at radius 1 is 1.44 bits per heavy atom. The average Bonchev–Trinajstić information content (AvgIpc) is 2.16. The topological polar surface area (TPSA) is 82.5 Å². The number of aliphatic hydroxyl groups is 1. The summed E-state index contributed by atoms with van der Waals surface area (Å²) in [5.74, 6) is 0. The fourth-order valence-electron chi connectivity index (χ4n) is 1.52. The van der Waals surface area contributed by atoms with Crippen molar-refractivity contribution < 1.29 is 5.11 Å². The molecule has 0 aliphatic heterocycles. The van der Waals surface area contributed by atoms with E-state index in [1.165, 1.54) is 6.21 Å². The van der Waals surface area contributed by atoms with E-state index < -0.39 is 5.60 Å². The van der Waals surface area contributed by atoms with Crippen LogP contribution in [0.2, 0.25) is 0 Å². The fourth-order valence-corrected chi connectivity index (χ4v) is 1.52. The van der Waals surface area contributed by atoms with Crippen LogP contribution in [0.1, 0.15) is 31.9 Å². The molecule has 4 heteroatoms. The number of anilines is 1. The maximum atomic E-state index is 9.92. The van der Waals surface area contributed by atoms with Crippen molar-refractivity contribution in [2.24, 2.45) is 4.99 Å². The third kappa shape index (κ3) is 2.46. The van der Waals surface area contributed by atoms with Crippen molar-refractivity contribution in [3.05, 3.63) is 23.3 Å². The van der Waals surface area contributed by atoms with Gasteiger partial charge in [0.2, 0.25) is 0 Å². The molecule has 0 spiro atoms. The lowest BCUT2D eigenvalue weighted by Gasteiger charge is -2.21. The van der Waals surface area contributed by atoms with Crippen LogP contribution < -0.4 is 5.73 Å². The van der Waals surface area contributed by atoms with Gasteiger partial charge in [-0.05, 0) is 32.9 Å². The molecule has 0 saturated heterocycles. The number of benzene rings is 1. The molecule has 1 aromatic carbocycles. The molecule has 0 amide bonds. The van der Waals surface area contributed by atoms with Gasteiger partial charge in [-0.1, -0.05) is 0 Å². The molecule has 0 aromatic heterocycles. The molecular weight excluding hydrogens is 202 g/mol. The molecule has 0 radical (unpaired) electrons. The SMILES string of the molecule is C/C=N\c1cc(N)c(C(C)(C)O)cc1C=N. The van der Waals surface area contributed by atoms with E-state index in [0.29, 0.717) is 22.5 Å². The van der Waals surface area contributed by atoms with Crippen LogP contribution in [0.5, 0.6) is 0 Å². The van der Waals surface area contributed by atoms with E-state index in [4.69, 9.17) is 11.1 Å². The molecule has 16 heavy (non-hydrogen) atoms. The van der Waals surface area contributed by atoms with E-state index in [1.807, 2.05) is 0 Å². The Morgan fingerprint density at radius 2 is 2.06 bits per heavy atom. The predicted octanol–water partition coefficient (Wildman–Crippen LogP) is 2.22. The second-order valence-corrected chi connectivity index (χ2v) is 4.09. The second kappa shape index (κ2) is 4.45. The summed E-state index contributed by atoms with van der Waals surface area (Å²) in [6.45, 7) is 5.12. The van der Waals surface area contributed by atoms with Gasteiger partial charge in [-0.15, -0.1) is 0 Å². The first-order valence-corrected chi connectivity index (χ1v) is 5.05. The van der Waals surface area contributed by atoms with Crippen LogP contribution in [-0.4, -0.2) is 17.5 Å². The molecule has 1 aromatic rings. The van der Waals surface area contributed by atoms with Gasteiger partial charge in [-0.2, -0.15) is 0 Å². The number of hydrogen-bond donors (Lipinski definition) is 3. The summed E-state index contributed by atoms with van der Waals surface area (Å²) in [5.41, 5.74) is 7.22. The van der Waals surface area contributed by atoms with Crippen molar-refractivity contribution in [2.75, 3.05) is 5.73 Å². The Balaban J connectivity index is 3.43. The van der Waals surface area contributed by atoms with Crippen LogP contribution in [0.15, 0.2) is 17.1 Å². The van der Waals surface area contributed by atoms with Crippen LogP contribution in [-0.2, 0) is 5.60 Å². The maximum Gasteiger partial charge on any atom is 0.0860 e. The van der Waals surface area contributed by atoms with E-state index in [-0.39, 0.29) is 0 Å². The standard InChI is InChI=1S/C12H17N3O/c1-4-15-11-6-10(14)9(12(2,3)16)5-8(11)7-13/h4-7,13,16H,14H2,1-3H3/b13-7?,15-4-. The number of nitrogen functional groups attached to an aromatic ring is 1. The first kappa shape index (κ1) is 12.4. The van der Waals surface area contributed by atoms with Gasteiger partial charge >= 0.3 is 0 Å². The summed E-state index contributed by atoms with van der Waals surface area (Å²) in [5, 5.41) is 17.2. The monoisotopic (exact) mass is 219 g/mol. The molecule has 0 atom stereocenters. The van der Waals surface area contributed by atoms with E-state index in [9.17, 15) is 5.11 Å². The molecule has 86 valence electrons. The zero-order chi connectivity index (χ0) is 12.3. The largest absolute Gasteiger partial charge is 0.398 e. The number of nitrogens with zero attached hydrogens (tertiary/aromatic N) is 1. The Labute approximate surface area is 95.3 Å². The fraction of sp³-hybridized carbons (Fsp3) is 0.333.